The summed E-state index contributed by atoms with van der Waals surface area (Å²) in [6.45, 7) is 11.5. The smallest absolute Gasteiger partial charge is 0.407 e. The van der Waals surface area contributed by atoms with Gasteiger partial charge in [-0.1, -0.05) is 40.5 Å². The summed E-state index contributed by atoms with van der Waals surface area (Å²) in [4.78, 5) is 54.6. The number of carbonyl (C=O) groups is 4. The van der Waals surface area contributed by atoms with Crippen LogP contribution in [0, 0.1) is 0 Å². The average molecular weight is 640 g/mol. The molecule has 13 nitrogen and oxygen atoms in total. The second-order valence-corrected chi connectivity index (χ2v) is 10.9. The van der Waals surface area contributed by atoms with E-state index in [2.05, 4.69) is 20.5 Å². The number of hydrogen-bond donors (Lipinski definition) is 2. The fourth-order valence-corrected chi connectivity index (χ4v) is 4.49. The Bertz CT molecular complexity index is 877. The fraction of sp³-hybridized carbons (Fsp3) is 0.781. The van der Waals surface area contributed by atoms with Crippen LogP contribution in [0.1, 0.15) is 98.3 Å². The number of imidazole rings is 1. The van der Waals surface area contributed by atoms with E-state index in [1.807, 2.05) is 38.5 Å². The molecule has 1 heterocycles. The summed E-state index contributed by atoms with van der Waals surface area (Å²) < 4.78 is 23.4. The highest BCUT2D eigenvalue weighted by Gasteiger charge is 2.14. The quantitative estimate of drug-likeness (QED) is 0.0820. The number of nitrogens with zero attached hydrogens (tertiary/aromatic N) is 3. The van der Waals surface area contributed by atoms with Crippen molar-refractivity contribution in [1.82, 2.24) is 25.1 Å². The van der Waals surface area contributed by atoms with Gasteiger partial charge in [0, 0.05) is 45.1 Å². The van der Waals surface area contributed by atoms with Gasteiger partial charge in [-0.2, -0.15) is 0 Å². The molecule has 0 aliphatic carbocycles. The zero-order valence-electron chi connectivity index (χ0n) is 27.9. The number of rotatable bonds is 26. The maximum Gasteiger partial charge on any atom is 0.407 e. The molecule has 13 heteroatoms. The summed E-state index contributed by atoms with van der Waals surface area (Å²) in [5.41, 5.74) is 0. The molecular weight excluding hydrogens is 582 g/mol. The number of esters is 2. The van der Waals surface area contributed by atoms with Crippen LogP contribution >= 0.6 is 0 Å². The van der Waals surface area contributed by atoms with Gasteiger partial charge in [0.25, 0.3) is 0 Å². The molecule has 0 saturated carbocycles. The Morgan fingerprint density at radius 2 is 1.27 bits per heavy atom. The highest BCUT2D eigenvalue weighted by atomic mass is 16.6. The van der Waals surface area contributed by atoms with Crippen LogP contribution in [0.2, 0.25) is 0 Å². The van der Waals surface area contributed by atoms with Crippen molar-refractivity contribution in [3.8, 4) is 0 Å². The van der Waals surface area contributed by atoms with Crippen LogP contribution in [-0.4, -0.2) is 96.7 Å². The van der Waals surface area contributed by atoms with Crippen LogP contribution in [0.4, 0.5) is 9.59 Å². The highest BCUT2D eigenvalue weighted by Crippen LogP contribution is 2.07. The Labute approximate surface area is 269 Å². The Morgan fingerprint density at radius 3 is 1.69 bits per heavy atom. The molecule has 0 aromatic carbocycles. The number of hydrogen-bond acceptors (Lipinski definition) is 10. The molecule has 2 atom stereocenters. The molecule has 0 radical (unpaired) electrons. The molecule has 2 N–H and O–H groups in total. The fourth-order valence-electron chi connectivity index (χ4n) is 4.49. The lowest BCUT2D eigenvalue weighted by Gasteiger charge is -2.21. The standard InChI is InChI=1S/C32H57N5O8/c1-5-12-27(7-3)44-31(40)34-16-9-24-42-29(38)14-21-36(19-11-20-37-23-18-33-26-37)22-15-30(39)43-25-10-17-35-32(41)45-28(8-4)13-6-2/h18,23,26-28H,5-17,19-22,24-25H2,1-4H3,(H,34,40)(H,35,41). The van der Waals surface area contributed by atoms with Gasteiger partial charge in [0.05, 0.1) is 32.4 Å². The van der Waals surface area contributed by atoms with Gasteiger partial charge in [0.2, 0.25) is 0 Å². The minimum atomic E-state index is -0.448. The largest absolute Gasteiger partial charge is 0.466 e. The SMILES string of the molecule is CCCC(CC)OC(=O)NCCCOC(=O)CCN(CCCn1ccnc1)CCC(=O)OCCCNC(=O)OC(CC)CCC. The zero-order valence-corrected chi connectivity index (χ0v) is 27.9. The first kappa shape index (κ1) is 39.7. The van der Waals surface area contributed by atoms with E-state index in [0.29, 0.717) is 45.6 Å². The van der Waals surface area contributed by atoms with E-state index >= 15 is 0 Å². The Hall–Kier alpha value is -3.35. The second-order valence-electron chi connectivity index (χ2n) is 10.9. The van der Waals surface area contributed by atoms with Gasteiger partial charge in [-0.25, -0.2) is 14.6 Å². The molecule has 1 rings (SSSR count). The lowest BCUT2D eigenvalue weighted by molar-refractivity contribution is -0.144. The monoisotopic (exact) mass is 639 g/mol. The predicted octanol–water partition coefficient (Wildman–Crippen LogP) is 4.83. The summed E-state index contributed by atoms with van der Waals surface area (Å²) in [6.07, 6.45) is 11.6. The van der Waals surface area contributed by atoms with E-state index in [1.165, 1.54) is 0 Å². The summed E-state index contributed by atoms with van der Waals surface area (Å²) in [7, 11) is 0. The molecule has 0 aliphatic heterocycles. The van der Waals surface area contributed by atoms with Gasteiger partial charge in [-0.15, -0.1) is 0 Å². The van der Waals surface area contributed by atoms with Crippen LogP contribution in [0.5, 0.6) is 0 Å². The lowest BCUT2D eigenvalue weighted by atomic mass is 10.2. The number of aryl methyl sites for hydroxylation is 1. The molecule has 2 amide bonds. The summed E-state index contributed by atoms with van der Waals surface area (Å²) in [6, 6.07) is 0. The Kier molecular flexibility index (Phi) is 22.9. The number of nitrogens with one attached hydrogen (secondary N) is 2. The Morgan fingerprint density at radius 1 is 0.756 bits per heavy atom. The van der Waals surface area contributed by atoms with E-state index in [0.717, 1.165) is 51.5 Å². The summed E-state index contributed by atoms with van der Waals surface area (Å²) in [5, 5.41) is 5.39. The van der Waals surface area contributed by atoms with Crippen molar-refractivity contribution >= 4 is 24.1 Å². The van der Waals surface area contributed by atoms with Crippen molar-refractivity contribution in [2.24, 2.45) is 0 Å². The van der Waals surface area contributed by atoms with Gasteiger partial charge < -0.3 is 39.0 Å². The van der Waals surface area contributed by atoms with E-state index in [-0.39, 0.29) is 50.2 Å². The van der Waals surface area contributed by atoms with E-state index in [4.69, 9.17) is 18.9 Å². The van der Waals surface area contributed by atoms with E-state index < -0.39 is 12.2 Å². The summed E-state index contributed by atoms with van der Waals surface area (Å²) in [5.74, 6) is -0.667. The summed E-state index contributed by atoms with van der Waals surface area (Å²) >= 11 is 0. The van der Waals surface area contributed by atoms with Gasteiger partial charge in [-0.05, 0) is 51.5 Å². The minimum Gasteiger partial charge on any atom is -0.466 e. The normalized spacial score (nSPS) is 12.3. The van der Waals surface area contributed by atoms with Gasteiger partial charge in [0.1, 0.15) is 12.2 Å². The van der Waals surface area contributed by atoms with Crippen LogP contribution in [0.15, 0.2) is 18.7 Å². The second kappa shape index (κ2) is 25.9. The maximum atomic E-state index is 12.4. The number of alkyl carbamates (subject to hydrolysis) is 2. The van der Waals surface area contributed by atoms with Crippen molar-refractivity contribution in [3.63, 3.8) is 0 Å². The average Bonchev–Trinajstić information content (AvgIpc) is 3.54. The molecule has 0 fully saturated rings. The van der Waals surface area contributed by atoms with Crippen LogP contribution in [-0.2, 0) is 35.1 Å². The topological polar surface area (TPSA) is 150 Å². The first-order valence-corrected chi connectivity index (χ1v) is 16.7. The van der Waals surface area contributed by atoms with Crippen LogP contribution in [0.3, 0.4) is 0 Å². The maximum absolute atomic E-state index is 12.4. The molecule has 0 bridgehead atoms. The van der Waals surface area contributed by atoms with Crippen molar-refractivity contribution in [3.05, 3.63) is 18.7 Å². The zero-order chi connectivity index (χ0) is 33.1. The minimum absolute atomic E-state index is 0.0823. The van der Waals surface area contributed by atoms with Crippen molar-refractivity contribution in [2.45, 2.75) is 117 Å². The number of aromatic nitrogens is 2. The lowest BCUT2D eigenvalue weighted by Crippen LogP contribution is -2.32. The third kappa shape index (κ3) is 21.1. The van der Waals surface area contributed by atoms with Crippen LogP contribution in [0.25, 0.3) is 0 Å². The van der Waals surface area contributed by atoms with E-state index in [9.17, 15) is 19.2 Å². The molecular formula is C32H57N5O8. The van der Waals surface area contributed by atoms with E-state index in [1.54, 1.807) is 12.5 Å². The van der Waals surface area contributed by atoms with Crippen LogP contribution < -0.4 is 10.6 Å². The number of ether oxygens (including phenoxy) is 4. The highest BCUT2D eigenvalue weighted by molar-refractivity contribution is 5.70. The van der Waals surface area contributed by atoms with Gasteiger partial charge in [0.15, 0.2) is 0 Å². The Balaban J connectivity index is 2.32. The third-order valence-corrected chi connectivity index (χ3v) is 7.10. The molecule has 0 saturated heterocycles. The molecule has 258 valence electrons. The van der Waals surface area contributed by atoms with Gasteiger partial charge in [-0.3, -0.25) is 9.59 Å². The molecule has 0 aliphatic rings. The van der Waals surface area contributed by atoms with Crippen molar-refractivity contribution < 1.29 is 38.1 Å². The van der Waals surface area contributed by atoms with Crippen molar-refractivity contribution in [1.29, 1.82) is 0 Å². The molecule has 1 aromatic heterocycles. The molecule has 1 aromatic rings. The molecule has 0 spiro atoms. The first-order valence-electron chi connectivity index (χ1n) is 16.7. The van der Waals surface area contributed by atoms with Crippen molar-refractivity contribution in [2.75, 3.05) is 45.9 Å². The molecule has 2 unspecified atom stereocenters. The number of amides is 2. The molecule has 45 heavy (non-hydrogen) atoms. The predicted molar refractivity (Wildman–Crippen MR) is 171 cm³/mol. The third-order valence-electron chi connectivity index (χ3n) is 7.10. The number of carbonyl (C=O) groups excluding carboxylic acids is 4. The first-order chi connectivity index (χ1) is 21.8. The van der Waals surface area contributed by atoms with Gasteiger partial charge >= 0.3 is 24.1 Å².